The first-order chi connectivity index (χ1) is 4.21. The van der Waals surface area contributed by atoms with E-state index in [2.05, 4.69) is 45.1 Å². The first-order valence-electron chi connectivity index (χ1n) is 3.96. The highest BCUT2D eigenvalue weighted by molar-refractivity contribution is 6.79. The lowest BCUT2D eigenvalue weighted by Gasteiger charge is -2.25. The van der Waals surface area contributed by atoms with Crippen LogP contribution in [-0.2, 0) is 0 Å². The molecule has 0 aromatic carbocycles. The number of nitrogens with one attached hydrogen (secondary N) is 1. The summed E-state index contributed by atoms with van der Waals surface area (Å²) in [6, 6.07) is 0. The Labute approximate surface area is 68.6 Å². The van der Waals surface area contributed by atoms with Gasteiger partial charge < -0.3 is 4.65 Å². The van der Waals surface area contributed by atoms with Crippen LogP contribution in [0.25, 0.3) is 0 Å². The molecule has 0 atom stereocenters. The van der Waals surface area contributed by atoms with Gasteiger partial charge >= 0.3 is 0 Å². The summed E-state index contributed by atoms with van der Waals surface area (Å²) < 4.78 is 3.74. The molecule has 0 aromatic rings. The summed E-state index contributed by atoms with van der Waals surface area (Å²) in [5.41, 5.74) is 0. The third-order valence-corrected chi connectivity index (χ3v) is 7.16. The van der Waals surface area contributed by atoms with Crippen LogP contribution in [0.3, 0.4) is 0 Å². The van der Waals surface area contributed by atoms with E-state index in [9.17, 15) is 0 Å². The predicted molar refractivity (Wildman–Crippen MR) is 54.7 cm³/mol. The summed E-state index contributed by atoms with van der Waals surface area (Å²) in [4.78, 5) is 0. The van der Waals surface area contributed by atoms with Gasteiger partial charge in [0.25, 0.3) is 0 Å². The fraction of sp³-hybridized carbons (Fsp3) is 1.00. The van der Waals surface area contributed by atoms with Crippen molar-refractivity contribution in [3.63, 3.8) is 0 Å². The smallest absolute Gasteiger partial charge is 0.109 e. The van der Waals surface area contributed by atoms with Crippen LogP contribution in [-0.4, -0.2) is 17.9 Å². The zero-order chi connectivity index (χ0) is 8.41. The minimum Gasteiger partial charge on any atom is -0.364 e. The maximum Gasteiger partial charge on any atom is 0.109 e. The molecule has 3 heteroatoms. The second kappa shape index (κ2) is 3.19. The summed E-state index contributed by atoms with van der Waals surface area (Å²) in [6.45, 7) is 14.1. The third kappa shape index (κ3) is 8.39. The molecule has 0 rings (SSSR count). The first-order valence-corrected chi connectivity index (χ1v) is 8.87. The molecule has 62 valence electrons. The van der Waals surface area contributed by atoms with Gasteiger partial charge in [-0.15, -0.1) is 0 Å². The van der Waals surface area contributed by atoms with Crippen LogP contribution in [0.4, 0.5) is 0 Å². The quantitative estimate of drug-likeness (QED) is 0.630. The van der Waals surface area contributed by atoms with Gasteiger partial charge in [0, 0.05) is 0 Å². The van der Waals surface area contributed by atoms with Crippen molar-refractivity contribution in [3.8, 4) is 0 Å². The van der Waals surface area contributed by atoms with Gasteiger partial charge in [0.1, 0.15) is 8.24 Å². The Morgan fingerprint density at radius 2 is 1.50 bits per heavy atom. The predicted octanol–water partition coefficient (Wildman–Crippen LogP) is 1.71. The fourth-order valence-electron chi connectivity index (χ4n) is 0.530. The minimum absolute atomic E-state index is 0.0428. The maximum atomic E-state index is 3.74. The molecule has 0 aliphatic rings. The molecule has 0 aromatic heterocycles. The molecule has 1 N–H and O–H groups in total. The number of hydrogen-bond donors (Lipinski definition) is 1. The molecule has 1 nitrogen and oxygen atoms in total. The Hall–Kier alpha value is 0.394. The molecule has 0 heterocycles. The Morgan fingerprint density at radius 3 is 1.60 bits per heavy atom. The Bertz CT molecular complexity index is 85.2. The van der Waals surface area contributed by atoms with Crippen LogP contribution in [0.2, 0.25) is 24.7 Å². The average Bonchev–Trinajstić information content (AvgIpc) is 1.57. The Balaban J connectivity index is 3.56. The maximum absolute atomic E-state index is 3.74. The lowest BCUT2D eigenvalue weighted by molar-refractivity contribution is 0.746. The largest absolute Gasteiger partial charge is 0.364 e. The van der Waals surface area contributed by atoms with Crippen LogP contribution in [0, 0.1) is 0 Å². The van der Waals surface area contributed by atoms with Crippen molar-refractivity contribution in [1.82, 2.24) is 4.65 Å². The molecular weight excluding hydrogens is 154 g/mol. The van der Waals surface area contributed by atoms with E-state index in [0.29, 0.717) is 5.04 Å². The standard InChI is InChI=1S/C7H21NSi2/c1-7(2,3)9-8-10(4,5)6/h8H,9H2,1-6H3. The van der Waals surface area contributed by atoms with Crippen LogP contribution < -0.4 is 4.65 Å². The van der Waals surface area contributed by atoms with Gasteiger partial charge in [0.15, 0.2) is 0 Å². The normalized spacial score (nSPS) is 15.0. The van der Waals surface area contributed by atoms with E-state index < -0.39 is 8.24 Å². The van der Waals surface area contributed by atoms with Gasteiger partial charge in [-0.05, 0) is 5.04 Å². The van der Waals surface area contributed by atoms with Crippen molar-refractivity contribution >= 4 is 17.9 Å². The molecule has 0 spiro atoms. The summed E-state index contributed by atoms with van der Waals surface area (Å²) in [6.07, 6.45) is 0. The third-order valence-electron chi connectivity index (χ3n) is 1.15. The monoisotopic (exact) mass is 175 g/mol. The molecule has 0 bridgehead atoms. The van der Waals surface area contributed by atoms with Crippen molar-refractivity contribution in [2.45, 2.75) is 45.5 Å². The SMILES string of the molecule is CC(C)(C)[SiH2]N[Si](C)(C)C. The van der Waals surface area contributed by atoms with Gasteiger partial charge in [-0.3, -0.25) is 0 Å². The van der Waals surface area contributed by atoms with E-state index >= 15 is 0 Å². The highest BCUT2D eigenvalue weighted by atomic mass is 28.4. The second-order valence-corrected chi connectivity index (χ2v) is 13.6. The number of hydrogen-bond acceptors (Lipinski definition) is 1. The van der Waals surface area contributed by atoms with E-state index in [-0.39, 0.29) is 9.68 Å². The summed E-state index contributed by atoms with van der Waals surface area (Å²) in [7, 11) is -0.998. The van der Waals surface area contributed by atoms with E-state index in [0.717, 1.165) is 0 Å². The van der Waals surface area contributed by atoms with Crippen LogP contribution >= 0.6 is 0 Å². The minimum atomic E-state index is -0.955. The molecule has 0 radical (unpaired) electrons. The van der Waals surface area contributed by atoms with E-state index in [1.165, 1.54) is 0 Å². The molecule has 0 aliphatic carbocycles. The summed E-state index contributed by atoms with van der Waals surface area (Å²) in [5, 5.41) is 0.570. The van der Waals surface area contributed by atoms with E-state index in [4.69, 9.17) is 0 Å². The van der Waals surface area contributed by atoms with Crippen LogP contribution in [0.5, 0.6) is 0 Å². The average molecular weight is 175 g/mol. The Kier molecular flexibility index (Phi) is 3.32. The lowest BCUT2D eigenvalue weighted by Crippen LogP contribution is -2.46. The van der Waals surface area contributed by atoms with Gasteiger partial charge in [-0.25, -0.2) is 0 Å². The molecule has 0 saturated heterocycles. The van der Waals surface area contributed by atoms with Gasteiger partial charge in [-0.1, -0.05) is 40.4 Å². The molecule has 0 amide bonds. The van der Waals surface area contributed by atoms with Crippen molar-refractivity contribution in [2.24, 2.45) is 0 Å². The zero-order valence-electron chi connectivity index (χ0n) is 8.21. The lowest BCUT2D eigenvalue weighted by atomic mass is 10.3. The van der Waals surface area contributed by atoms with Crippen molar-refractivity contribution in [2.75, 3.05) is 0 Å². The second-order valence-electron chi connectivity index (χ2n) is 5.16. The van der Waals surface area contributed by atoms with E-state index in [1.54, 1.807) is 0 Å². The van der Waals surface area contributed by atoms with Gasteiger partial charge in [-0.2, -0.15) is 0 Å². The zero-order valence-corrected chi connectivity index (χ0v) is 10.6. The number of rotatable bonds is 2. The highest BCUT2D eigenvalue weighted by Crippen LogP contribution is 2.18. The van der Waals surface area contributed by atoms with Gasteiger partial charge in [0.2, 0.25) is 0 Å². The summed E-state index contributed by atoms with van der Waals surface area (Å²) in [5.74, 6) is 0. The van der Waals surface area contributed by atoms with E-state index in [1.807, 2.05) is 0 Å². The molecule has 0 unspecified atom stereocenters. The highest BCUT2D eigenvalue weighted by Gasteiger charge is 2.17. The van der Waals surface area contributed by atoms with Crippen LogP contribution in [0.15, 0.2) is 0 Å². The topological polar surface area (TPSA) is 12.0 Å². The fourth-order valence-corrected chi connectivity index (χ4v) is 4.77. The van der Waals surface area contributed by atoms with Crippen molar-refractivity contribution < 1.29 is 0 Å². The molecule has 0 fully saturated rings. The molecule has 10 heavy (non-hydrogen) atoms. The van der Waals surface area contributed by atoms with Gasteiger partial charge in [0.05, 0.1) is 9.68 Å². The Morgan fingerprint density at radius 1 is 1.10 bits per heavy atom. The van der Waals surface area contributed by atoms with Crippen LogP contribution in [0.1, 0.15) is 20.8 Å². The molecule has 0 aliphatic heterocycles. The van der Waals surface area contributed by atoms with Crippen molar-refractivity contribution in [1.29, 1.82) is 0 Å². The van der Waals surface area contributed by atoms with Crippen molar-refractivity contribution in [3.05, 3.63) is 0 Å². The molecular formula is C7H21NSi2. The first kappa shape index (κ1) is 10.4. The summed E-state index contributed by atoms with van der Waals surface area (Å²) >= 11 is 0. The molecule has 0 saturated carbocycles.